The molecule has 0 saturated carbocycles. The molecule has 0 aromatic carbocycles. The summed E-state index contributed by atoms with van der Waals surface area (Å²) >= 11 is 0. The minimum absolute atomic E-state index is 0.316. The van der Waals surface area contributed by atoms with Crippen molar-refractivity contribution < 1.29 is 14.3 Å². The van der Waals surface area contributed by atoms with Gasteiger partial charge in [-0.3, -0.25) is 10.1 Å². The molecule has 0 aliphatic carbocycles. The molecule has 3 nitrogen and oxygen atoms in total. The van der Waals surface area contributed by atoms with E-state index in [0.717, 1.165) is 0 Å². The van der Waals surface area contributed by atoms with Crippen LogP contribution in [0.5, 0.6) is 0 Å². The number of hydrogen-bond acceptors (Lipinski definition) is 2. The van der Waals surface area contributed by atoms with Gasteiger partial charge in [0.2, 0.25) is 0 Å². The maximum atomic E-state index is 12.2. The summed E-state index contributed by atoms with van der Waals surface area (Å²) in [5.41, 5.74) is 0. The summed E-state index contributed by atoms with van der Waals surface area (Å²) in [5, 5.41) is 10.6. The van der Waals surface area contributed by atoms with Gasteiger partial charge in [0, 0.05) is 0 Å². The third-order valence-corrected chi connectivity index (χ3v) is 1.39. The summed E-state index contributed by atoms with van der Waals surface area (Å²) in [5.74, 6) is -0.963. The number of carbonyl (C=O) groups is 1. The number of halogens is 1. The minimum Gasteiger partial charge on any atom is -0.480 e. The van der Waals surface area contributed by atoms with Crippen LogP contribution in [0.2, 0.25) is 0 Å². The van der Waals surface area contributed by atoms with Gasteiger partial charge in [-0.25, -0.2) is 4.39 Å². The highest BCUT2D eigenvalue weighted by molar-refractivity contribution is 5.73. The van der Waals surface area contributed by atoms with Gasteiger partial charge in [-0.15, -0.1) is 0 Å². The number of alkyl halides is 1. The van der Waals surface area contributed by atoms with E-state index < -0.39 is 18.3 Å². The Bertz CT molecular complexity index is 128. The van der Waals surface area contributed by atoms with Crippen molar-refractivity contribution in [3.05, 3.63) is 0 Å². The Morgan fingerprint density at radius 1 is 1.67 bits per heavy atom. The van der Waals surface area contributed by atoms with Crippen molar-refractivity contribution in [3.8, 4) is 0 Å². The van der Waals surface area contributed by atoms with Crippen LogP contribution in [0, 0.1) is 0 Å². The summed E-state index contributed by atoms with van der Waals surface area (Å²) < 4.78 is 12.2. The second-order valence-electron chi connectivity index (χ2n) is 2.10. The smallest absolute Gasteiger partial charge is 0.320 e. The zero-order valence-electron chi connectivity index (χ0n) is 4.80. The molecule has 2 unspecified atom stereocenters. The van der Waals surface area contributed by atoms with Crippen molar-refractivity contribution in [2.75, 3.05) is 0 Å². The zero-order valence-corrected chi connectivity index (χ0v) is 4.80. The quantitative estimate of drug-likeness (QED) is 0.499. The van der Waals surface area contributed by atoms with Crippen LogP contribution in [-0.4, -0.2) is 23.4 Å². The summed E-state index contributed by atoms with van der Waals surface area (Å²) in [7, 11) is 0. The fourth-order valence-corrected chi connectivity index (χ4v) is 0.893. The van der Waals surface area contributed by atoms with Gasteiger partial charge in [0.15, 0.2) is 6.30 Å². The third kappa shape index (κ3) is 1.38. The lowest BCUT2D eigenvalue weighted by Gasteiger charge is -2.01. The summed E-state index contributed by atoms with van der Waals surface area (Å²) in [6.45, 7) is 0. The maximum Gasteiger partial charge on any atom is 0.320 e. The van der Waals surface area contributed by atoms with Gasteiger partial charge >= 0.3 is 5.97 Å². The Kier molecular flexibility index (Phi) is 1.66. The summed E-state index contributed by atoms with van der Waals surface area (Å²) in [4.78, 5) is 10.1. The van der Waals surface area contributed by atoms with Crippen LogP contribution in [0.25, 0.3) is 0 Å². The molecule has 0 amide bonds. The van der Waals surface area contributed by atoms with Gasteiger partial charge in [0.25, 0.3) is 0 Å². The Labute approximate surface area is 51.9 Å². The first-order chi connectivity index (χ1) is 4.20. The molecule has 1 aliphatic rings. The summed E-state index contributed by atoms with van der Waals surface area (Å²) in [6.07, 6.45) is -0.404. The van der Waals surface area contributed by atoms with E-state index in [1.165, 1.54) is 0 Å². The van der Waals surface area contributed by atoms with Crippen LogP contribution in [0.1, 0.15) is 12.8 Å². The Morgan fingerprint density at radius 3 is 2.56 bits per heavy atom. The average Bonchev–Trinajstić information content (AvgIpc) is 2.14. The summed E-state index contributed by atoms with van der Waals surface area (Å²) in [6, 6.07) is -0.667. The zero-order chi connectivity index (χ0) is 6.85. The fourth-order valence-electron chi connectivity index (χ4n) is 0.893. The predicted molar refractivity (Wildman–Crippen MR) is 28.7 cm³/mol. The lowest BCUT2D eigenvalue weighted by atomic mass is 10.2. The molecule has 2 N–H and O–H groups in total. The molecule has 52 valence electrons. The molecule has 4 heteroatoms. The number of aliphatic carboxylic acids is 1. The van der Waals surface area contributed by atoms with Crippen molar-refractivity contribution in [1.82, 2.24) is 5.32 Å². The fraction of sp³-hybridized carbons (Fsp3) is 0.800. The van der Waals surface area contributed by atoms with Gasteiger partial charge in [0.1, 0.15) is 6.04 Å². The Hall–Kier alpha value is -0.640. The Balaban J connectivity index is 2.39. The third-order valence-electron chi connectivity index (χ3n) is 1.39. The van der Waals surface area contributed by atoms with Gasteiger partial charge in [0.05, 0.1) is 0 Å². The van der Waals surface area contributed by atoms with Crippen molar-refractivity contribution >= 4 is 5.97 Å². The first-order valence-electron chi connectivity index (χ1n) is 2.83. The molecular formula is C5H8FNO2. The standard InChI is InChI=1S/C5H8FNO2/c6-4-2-1-3(7-4)5(8)9/h3-4,7H,1-2H2,(H,8,9). The van der Waals surface area contributed by atoms with Gasteiger partial charge < -0.3 is 5.11 Å². The number of nitrogens with one attached hydrogen (secondary N) is 1. The number of carboxylic acids is 1. The van der Waals surface area contributed by atoms with Gasteiger partial charge in [-0.2, -0.15) is 0 Å². The SMILES string of the molecule is O=C(O)C1CCC(F)N1. The molecule has 0 aromatic rings. The van der Waals surface area contributed by atoms with E-state index in [4.69, 9.17) is 5.11 Å². The van der Waals surface area contributed by atoms with E-state index in [2.05, 4.69) is 5.32 Å². The topological polar surface area (TPSA) is 49.3 Å². The van der Waals surface area contributed by atoms with Crippen LogP contribution in [0.4, 0.5) is 4.39 Å². The van der Waals surface area contributed by atoms with Crippen LogP contribution in [0.15, 0.2) is 0 Å². The molecule has 0 aromatic heterocycles. The van der Waals surface area contributed by atoms with Gasteiger partial charge in [-0.1, -0.05) is 0 Å². The normalized spacial score (nSPS) is 34.8. The van der Waals surface area contributed by atoms with E-state index in [9.17, 15) is 9.18 Å². The Morgan fingerprint density at radius 2 is 2.33 bits per heavy atom. The first-order valence-corrected chi connectivity index (χ1v) is 2.83. The number of hydrogen-bond donors (Lipinski definition) is 2. The molecule has 2 atom stereocenters. The van der Waals surface area contributed by atoms with E-state index >= 15 is 0 Å². The highest BCUT2D eigenvalue weighted by atomic mass is 19.1. The second-order valence-corrected chi connectivity index (χ2v) is 2.10. The lowest BCUT2D eigenvalue weighted by Crippen LogP contribution is -2.33. The first kappa shape index (κ1) is 6.48. The van der Waals surface area contributed by atoms with Crippen LogP contribution >= 0.6 is 0 Å². The average molecular weight is 133 g/mol. The molecule has 0 radical (unpaired) electrons. The predicted octanol–water partition coefficient (Wildman–Crippen LogP) is 0.119. The molecule has 1 heterocycles. The molecule has 0 spiro atoms. The van der Waals surface area contributed by atoms with E-state index in [1.807, 2.05) is 0 Å². The highest BCUT2D eigenvalue weighted by Crippen LogP contribution is 2.12. The molecule has 1 saturated heterocycles. The van der Waals surface area contributed by atoms with Crippen molar-refractivity contribution in [2.45, 2.75) is 25.2 Å². The minimum atomic E-state index is -1.12. The molecule has 1 aliphatic heterocycles. The van der Waals surface area contributed by atoms with Crippen molar-refractivity contribution in [2.24, 2.45) is 0 Å². The largest absolute Gasteiger partial charge is 0.480 e. The molecule has 0 bridgehead atoms. The number of rotatable bonds is 1. The van der Waals surface area contributed by atoms with E-state index in [1.54, 1.807) is 0 Å². The van der Waals surface area contributed by atoms with E-state index in [-0.39, 0.29) is 0 Å². The molecule has 1 rings (SSSR count). The highest BCUT2D eigenvalue weighted by Gasteiger charge is 2.27. The molecular weight excluding hydrogens is 125 g/mol. The monoisotopic (exact) mass is 133 g/mol. The van der Waals surface area contributed by atoms with Crippen LogP contribution < -0.4 is 5.32 Å². The molecule has 1 fully saturated rings. The van der Waals surface area contributed by atoms with Gasteiger partial charge in [-0.05, 0) is 12.8 Å². The maximum absolute atomic E-state index is 12.2. The molecule has 9 heavy (non-hydrogen) atoms. The van der Waals surface area contributed by atoms with Crippen LogP contribution in [-0.2, 0) is 4.79 Å². The van der Waals surface area contributed by atoms with E-state index in [0.29, 0.717) is 12.8 Å². The van der Waals surface area contributed by atoms with Crippen LogP contribution in [0.3, 0.4) is 0 Å². The van der Waals surface area contributed by atoms with Crippen molar-refractivity contribution in [3.63, 3.8) is 0 Å². The van der Waals surface area contributed by atoms with Crippen molar-refractivity contribution in [1.29, 1.82) is 0 Å². The lowest BCUT2D eigenvalue weighted by molar-refractivity contribution is -0.139. The second kappa shape index (κ2) is 2.31. The number of carboxylic acid groups (broad SMARTS) is 1.